The molecule has 0 saturated heterocycles. The maximum Gasteiger partial charge on any atom is 0.336 e. The molecule has 26 heavy (non-hydrogen) atoms. The minimum absolute atomic E-state index is 0.0628. The Kier molecular flexibility index (Phi) is 5.52. The first-order valence-electron chi connectivity index (χ1n) is 9.02. The Morgan fingerprint density at radius 1 is 1.08 bits per heavy atom. The molecule has 0 aliphatic heterocycles. The molecule has 3 rings (SSSR count). The minimum Gasteiger partial charge on any atom is -0.423 e. The van der Waals surface area contributed by atoms with Crippen LogP contribution < -0.4 is 10.9 Å². The summed E-state index contributed by atoms with van der Waals surface area (Å²) in [4.78, 5) is 12.0. The number of benzene rings is 2. The van der Waals surface area contributed by atoms with Gasteiger partial charge in [-0.2, -0.15) is 0 Å². The Bertz CT molecular complexity index is 945. The van der Waals surface area contributed by atoms with Crippen molar-refractivity contribution < 1.29 is 8.81 Å². The first kappa shape index (κ1) is 18.3. The van der Waals surface area contributed by atoms with Crippen LogP contribution in [0.4, 0.5) is 4.39 Å². The molecule has 0 aliphatic carbocycles. The molecule has 0 fully saturated rings. The van der Waals surface area contributed by atoms with E-state index in [0.29, 0.717) is 18.0 Å². The molecular weight excluding hydrogens is 329 g/mol. The molecule has 0 unspecified atom stereocenters. The molecule has 3 nitrogen and oxygen atoms in total. The fourth-order valence-electron chi connectivity index (χ4n) is 3.27. The number of rotatable bonds is 6. The van der Waals surface area contributed by atoms with Crippen LogP contribution in [-0.2, 0) is 13.0 Å². The van der Waals surface area contributed by atoms with E-state index in [-0.39, 0.29) is 17.5 Å². The van der Waals surface area contributed by atoms with Crippen LogP contribution in [0.15, 0.2) is 57.7 Å². The summed E-state index contributed by atoms with van der Waals surface area (Å²) in [5.74, 6) is 0.0770. The standard InChI is InChI=1S/C22H24FNO2/c1-4-15-5-10-19-17(12-21(25)26-20(19)11-15)13-24-22(14(2)3)16-6-8-18(23)9-7-16/h5-12,14,22,24H,4,13H2,1-3H3/t22-/m0/s1. The average Bonchev–Trinajstić information content (AvgIpc) is 2.62. The first-order chi connectivity index (χ1) is 12.5. The van der Waals surface area contributed by atoms with Crippen LogP contribution in [0.3, 0.4) is 0 Å². The Morgan fingerprint density at radius 2 is 1.81 bits per heavy atom. The number of halogens is 1. The predicted octanol–water partition coefficient (Wildman–Crippen LogP) is 4.98. The summed E-state index contributed by atoms with van der Waals surface area (Å²) in [6.07, 6.45) is 0.891. The highest BCUT2D eigenvalue weighted by atomic mass is 19.1. The second-order valence-electron chi connectivity index (χ2n) is 6.93. The van der Waals surface area contributed by atoms with Crippen molar-refractivity contribution in [2.45, 2.75) is 39.8 Å². The van der Waals surface area contributed by atoms with Gasteiger partial charge in [0.1, 0.15) is 11.4 Å². The second-order valence-corrected chi connectivity index (χ2v) is 6.93. The lowest BCUT2D eigenvalue weighted by molar-refractivity contribution is 0.410. The molecule has 0 spiro atoms. The average molecular weight is 353 g/mol. The monoisotopic (exact) mass is 353 g/mol. The Labute approximate surface area is 152 Å². The largest absolute Gasteiger partial charge is 0.423 e. The quantitative estimate of drug-likeness (QED) is 0.636. The zero-order valence-electron chi connectivity index (χ0n) is 15.4. The fourth-order valence-corrected chi connectivity index (χ4v) is 3.27. The van der Waals surface area contributed by atoms with Gasteiger partial charge in [-0.05, 0) is 47.2 Å². The molecule has 0 bridgehead atoms. The lowest BCUT2D eigenvalue weighted by Crippen LogP contribution is -2.26. The van der Waals surface area contributed by atoms with E-state index < -0.39 is 0 Å². The topological polar surface area (TPSA) is 42.2 Å². The summed E-state index contributed by atoms with van der Waals surface area (Å²) in [6, 6.07) is 14.2. The third-order valence-corrected chi connectivity index (χ3v) is 4.71. The molecule has 2 aromatic carbocycles. The van der Waals surface area contributed by atoms with Gasteiger partial charge in [-0.3, -0.25) is 0 Å². The molecule has 1 N–H and O–H groups in total. The van der Waals surface area contributed by atoms with Gasteiger partial charge >= 0.3 is 5.63 Å². The summed E-state index contributed by atoms with van der Waals surface area (Å²) >= 11 is 0. The van der Waals surface area contributed by atoms with Crippen molar-refractivity contribution >= 4 is 11.0 Å². The van der Waals surface area contributed by atoms with Crippen molar-refractivity contribution in [1.82, 2.24) is 5.32 Å². The Hall–Kier alpha value is -2.46. The van der Waals surface area contributed by atoms with E-state index in [2.05, 4.69) is 32.2 Å². The van der Waals surface area contributed by atoms with E-state index >= 15 is 0 Å². The van der Waals surface area contributed by atoms with Crippen LogP contribution in [0.25, 0.3) is 11.0 Å². The zero-order chi connectivity index (χ0) is 18.7. The van der Waals surface area contributed by atoms with Crippen LogP contribution in [0.2, 0.25) is 0 Å². The molecule has 4 heteroatoms. The first-order valence-corrected chi connectivity index (χ1v) is 9.02. The molecule has 0 aliphatic rings. The van der Waals surface area contributed by atoms with E-state index in [4.69, 9.17) is 4.42 Å². The van der Waals surface area contributed by atoms with Gasteiger partial charge in [0.05, 0.1) is 0 Å². The van der Waals surface area contributed by atoms with Crippen LogP contribution in [-0.4, -0.2) is 0 Å². The van der Waals surface area contributed by atoms with Crippen LogP contribution >= 0.6 is 0 Å². The Morgan fingerprint density at radius 3 is 2.46 bits per heavy atom. The lowest BCUT2D eigenvalue weighted by Gasteiger charge is -2.23. The summed E-state index contributed by atoms with van der Waals surface area (Å²) in [5.41, 5.74) is 3.35. The number of hydrogen-bond acceptors (Lipinski definition) is 3. The van der Waals surface area contributed by atoms with Gasteiger partial charge in [-0.25, -0.2) is 9.18 Å². The fraction of sp³-hybridized carbons (Fsp3) is 0.318. The number of aryl methyl sites for hydroxylation is 1. The molecule has 0 radical (unpaired) electrons. The van der Waals surface area contributed by atoms with Crippen molar-refractivity contribution in [1.29, 1.82) is 0 Å². The molecule has 1 atom stereocenters. The van der Waals surface area contributed by atoms with Crippen molar-refractivity contribution in [3.63, 3.8) is 0 Å². The van der Waals surface area contributed by atoms with E-state index in [1.54, 1.807) is 18.2 Å². The summed E-state index contributed by atoms with van der Waals surface area (Å²) < 4.78 is 18.6. The minimum atomic E-state index is -0.342. The normalized spacial score (nSPS) is 12.7. The van der Waals surface area contributed by atoms with Crippen molar-refractivity contribution in [3.05, 3.63) is 81.5 Å². The van der Waals surface area contributed by atoms with Crippen LogP contribution in [0, 0.1) is 11.7 Å². The summed E-state index contributed by atoms with van der Waals surface area (Å²) in [5, 5.41) is 4.46. The lowest BCUT2D eigenvalue weighted by atomic mass is 9.95. The third-order valence-electron chi connectivity index (χ3n) is 4.71. The molecular formula is C22H24FNO2. The Balaban J connectivity index is 1.89. The maximum absolute atomic E-state index is 13.2. The van der Waals surface area contributed by atoms with E-state index in [9.17, 15) is 9.18 Å². The zero-order valence-corrected chi connectivity index (χ0v) is 15.4. The SMILES string of the molecule is CCc1ccc2c(CN[C@H](c3ccc(F)cc3)C(C)C)cc(=O)oc2c1. The van der Waals surface area contributed by atoms with Gasteiger partial charge in [0, 0.05) is 24.0 Å². The van der Waals surface area contributed by atoms with Gasteiger partial charge in [-0.15, -0.1) is 0 Å². The molecule has 0 saturated carbocycles. The highest BCUT2D eigenvalue weighted by Gasteiger charge is 2.16. The summed E-state index contributed by atoms with van der Waals surface area (Å²) in [7, 11) is 0. The second kappa shape index (κ2) is 7.83. The smallest absolute Gasteiger partial charge is 0.336 e. The van der Waals surface area contributed by atoms with E-state index in [0.717, 1.165) is 28.5 Å². The third kappa shape index (κ3) is 4.02. The summed E-state index contributed by atoms with van der Waals surface area (Å²) in [6.45, 7) is 6.84. The van der Waals surface area contributed by atoms with Crippen molar-refractivity contribution in [3.8, 4) is 0 Å². The number of fused-ring (bicyclic) bond motifs is 1. The van der Waals surface area contributed by atoms with Gasteiger partial charge in [-0.1, -0.05) is 45.0 Å². The molecule has 3 aromatic rings. The molecule has 136 valence electrons. The van der Waals surface area contributed by atoms with Crippen molar-refractivity contribution in [2.24, 2.45) is 5.92 Å². The van der Waals surface area contributed by atoms with Crippen LogP contribution in [0.1, 0.15) is 43.5 Å². The number of nitrogens with one attached hydrogen (secondary N) is 1. The van der Waals surface area contributed by atoms with E-state index in [1.165, 1.54) is 12.1 Å². The highest BCUT2D eigenvalue weighted by Crippen LogP contribution is 2.24. The van der Waals surface area contributed by atoms with Gasteiger partial charge in [0.2, 0.25) is 0 Å². The van der Waals surface area contributed by atoms with Gasteiger partial charge in [0.15, 0.2) is 0 Å². The van der Waals surface area contributed by atoms with Gasteiger partial charge in [0.25, 0.3) is 0 Å². The van der Waals surface area contributed by atoms with Crippen LogP contribution in [0.5, 0.6) is 0 Å². The number of hydrogen-bond donors (Lipinski definition) is 1. The maximum atomic E-state index is 13.2. The van der Waals surface area contributed by atoms with E-state index in [1.807, 2.05) is 12.1 Å². The van der Waals surface area contributed by atoms with Crippen molar-refractivity contribution in [2.75, 3.05) is 0 Å². The molecule has 1 aromatic heterocycles. The molecule has 1 heterocycles. The predicted molar refractivity (Wildman–Crippen MR) is 103 cm³/mol. The molecule has 0 amide bonds. The van der Waals surface area contributed by atoms with Gasteiger partial charge < -0.3 is 9.73 Å². The highest BCUT2D eigenvalue weighted by molar-refractivity contribution is 5.80.